The van der Waals surface area contributed by atoms with Gasteiger partial charge in [-0.25, -0.2) is 0 Å². The van der Waals surface area contributed by atoms with Gasteiger partial charge in [0.2, 0.25) is 0 Å². The van der Waals surface area contributed by atoms with Crippen molar-refractivity contribution in [3.05, 3.63) is 71.8 Å². The molecule has 1 saturated heterocycles. The Labute approximate surface area is 172 Å². The Morgan fingerprint density at radius 3 is 1.73 bits per heavy atom. The second-order valence-electron chi connectivity index (χ2n) is 5.29. The molecule has 22 heavy (non-hydrogen) atoms. The van der Waals surface area contributed by atoms with Gasteiger partial charge in [0.05, 0.1) is 6.10 Å². The number of hydrogen-bond acceptors (Lipinski definition) is 2. The van der Waals surface area contributed by atoms with E-state index in [9.17, 15) is 0 Å². The molecule has 2 aromatic carbocycles. The quantitative estimate of drug-likeness (QED) is 0.441. The van der Waals surface area contributed by atoms with Gasteiger partial charge in [0.1, 0.15) is 6.10 Å². The molecule has 2 nitrogen and oxygen atoms in total. The van der Waals surface area contributed by atoms with E-state index in [2.05, 4.69) is 66.0 Å². The van der Waals surface area contributed by atoms with Gasteiger partial charge in [-0.05, 0) is 37.1 Å². The van der Waals surface area contributed by atoms with E-state index in [-0.39, 0.29) is 59.6 Å². The van der Waals surface area contributed by atoms with E-state index in [1.54, 1.807) is 0 Å². The van der Waals surface area contributed by atoms with Crippen LogP contribution in [0.2, 0.25) is 0 Å². The fourth-order valence-corrected chi connectivity index (χ4v) is 2.73. The molecule has 0 radical (unpaired) electrons. The topological polar surface area (TPSA) is 21.3 Å². The van der Waals surface area contributed by atoms with Crippen molar-refractivity contribution >= 4 is 0 Å². The molecule has 1 aliphatic rings. The summed E-state index contributed by atoms with van der Waals surface area (Å²) in [6, 6.07) is 21.0. The summed E-state index contributed by atoms with van der Waals surface area (Å²) < 4.78 is 6.42. The molecule has 0 unspecified atom stereocenters. The van der Waals surface area contributed by atoms with E-state index in [0.717, 1.165) is 25.9 Å². The van der Waals surface area contributed by atoms with E-state index in [4.69, 9.17) is 4.74 Å². The smallest absolute Gasteiger partial charge is 1.00 e. The Hall–Kier alpha value is 0.0900. The van der Waals surface area contributed by atoms with Crippen molar-refractivity contribution in [2.75, 3.05) is 13.1 Å². The number of piperidine rings is 1. The van der Waals surface area contributed by atoms with Crippen LogP contribution in [0.4, 0.5) is 0 Å². The SMILES string of the molecule is [I-].[Na+].c1ccc(C(OC2CCNCC2)c2ccccc2)cc1. The number of ether oxygens (including phenoxy) is 1. The van der Waals surface area contributed by atoms with Crippen LogP contribution < -0.4 is 58.9 Å². The standard InChI is InChI=1S/C18H21NO.HI.Na/c1-3-7-15(8-4-1)18(16-9-5-2-6-10-16)20-17-11-13-19-14-12-17;;/h1-10,17-19H,11-14H2;1H;/q;;+1/p-1. The number of rotatable bonds is 4. The fraction of sp³-hybridized carbons (Fsp3) is 0.333. The Bertz CT molecular complexity index is 478. The molecule has 4 heteroatoms. The summed E-state index contributed by atoms with van der Waals surface area (Å²) >= 11 is 0. The fourth-order valence-electron chi connectivity index (χ4n) is 2.73. The van der Waals surface area contributed by atoms with Gasteiger partial charge in [0, 0.05) is 0 Å². The predicted octanol–water partition coefficient (Wildman–Crippen LogP) is -2.45. The third kappa shape index (κ3) is 5.62. The summed E-state index contributed by atoms with van der Waals surface area (Å²) in [5.74, 6) is 0. The van der Waals surface area contributed by atoms with Gasteiger partial charge in [0.25, 0.3) is 0 Å². The third-order valence-corrected chi connectivity index (χ3v) is 3.82. The summed E-state index contributed by atoms with van der Waals surface area (Å²) in [4.78, 5) is 0. The van der Waals surface area contributed by atoms with Crippen molar-refractivity contribution in [1.29, 1.82) is 0 Å². The summed E-state index contributed by atoms with van der Waals surface area (Å²) in [7, 11) is 0. The molecule has 0 aromatic heterocycles. The largest absolute Gasteiger partial charge is 1.00 e. The van der Waals surface area contributed by atoms with Crippen LogP contribution >= 0.6 is 0 Å². The molecule has 1 aliphatic heterocycles. The van der Waals surface area contributed by atoms with E-state index < -0.39 is 0 Å². The van der Waals surface area contributed by atoms with Gasteiger partial charge in [-0.15, -0.1) is 0 Å². The van der Waals surface area contributed by atoms with Crippen LogP contribution in [-0.2, 0) is 4.74 Å². The molecular weight excluding hydrogens is 396 g/mol. The molecule has 2 aromatic rings. The van der Waals surface area contributed by atoms with Gasteiger partial charge in [-0.1, -0.05) is 60.7 Å². The minimum absolute atomic E-state index is 0. The predicted molar refractivity (Wildman–Crippen MR) is 81.7 cm³/mol. The van der Waals surface area contributed by atoms with Gasteiger partial charge < -0.3 is 34.0 Å². The maximum absolute atomic E-state index is 6.42. The maximum Gasteiger partial charge on any atom is 1.00 e. The number of nitrogens with one attached hydrogen (secondary N) is 1. The van der Waals surface area contributed by atoms with Crippen LogP contribution in [0.25, 0.3) is 0 Å². The Kier molecular flexibility index (Phi) is 9.87. The number of halogens is 1. The van der Waals surface area contributed by atoms with E-state index in [0.29, 0.717) is 6.10 Å². The van der Waals surface area contributed by atoms with Crippen LogP contribution in [0.1, 0.15) is 30.1 Å². The van der Waals surface area contributed by atoms with E-state index in [1.807, 2.05) is 0 Å². The second kappa shape index (κ2) is 10.8. The van der Waals surface area contributed by atoms with Crippen LogP contribution in [0, 0.1) is 0 Å². The average molecular weight is 417 g/mol. The molecule has 112 valence electrons. The third-order valence-electron chi connectivity index (χ3n) is 3.82. The van der Waals surface area contributed by atoms with Crippen molar-refractivity contribution in [3.8, 4) is 0 Å². The second-order valence-corrected chi connectivity index (χ2v) is 5.29. The van der Waals surface area contributed by atoms with Crippen LogP contribution in [0.15, 0.2) is 60.7 Å². The average Bonchev–Trinajstić information content (AvgIpc) is 2.55. The summed E-state index contributed by atoms with van der Waals surface area (Å²) in [5, 5.41) is 3.39. The van der Waals surface area contributed by atoms with Gasteiger partial charge in [0.15, 0.2) is 0 Å². The summed E-state index contributed by atoms with van der Waals surface area (Å²) in [6.07, 6.45) is 2.58. The van der Waals surface area contributed by atoms with E-state index >= 15 is 0 Å². The zero-order chi connectivity index (χ0) is 13.6. The van der Waals surface area contributed by atoms with Crippen molar-refractivity contribution in [1.82, 2.24) is 5.32 Å². The summed E-state index contributed by atoms with van der Waals surface area (Å²) in [5.41, 5.74) is 2.47. The molecule has 3 rings (SSSR count). The first kappa shape index (κ1) is 20.1. The van der Waals surface area contributed by atoms with E-state index in [1.165, 1.54) is 11.1 Å². The first-order chi connectivity index (χ1) is 9.93. The molecule has 0 bridgehead atoms. The normalized spacial score (nSPS) is 15.0. The number of benzene rings is 2. The Morgan fingerprint density at radius 2 is 1.27 bits per heavy atom. The molecule has 0 atom stereocenters. The minimum atomic E-state index is 0. The van der Waals surface area contributed by atoms with Crippen molar-refractivity contribution in [3.63, 3.8) is 0 Å². The molecule has 0 amide bonds. The van der Waals surface area contributed by atoms with Gasteiger partial charge >= 0.3 is 29.6 Å². The van der Waals surface area contributed by atoms with Crippen molar-refractivity contribution in [2.24, 2.45) is 0 Å². The molecule has 1 heterocycles. The number of hydrogen-bond donors (Lipinski definition) is 1. The zero-order valence-corrected chi connectivity index (χ0v) is 17.2. The maximum atomic E-state index is 6.42. The van der Waals surface area contributed by atoms with Crippen LogP contribution in [0.5, 0.6) is 0 Å². The van der Waals surface area contributed by atoms with Crippen molar-refractivity contribution in [2.45, 2.75) is 25.0 Å². The molecule has 1 N–H and O–H groups in total. The monoisotopic (exact) mass is 417 g/mol. The molecule has 0 saturated carbocycles. The minimum Gasteiger partial charge on any atom is -1.00 e. The zero-order valence-electron chi connectivity index (χ0n) is 13.0. The van der Waals surface area contributed by atoms with Gasteiger partial charge in [-0.3, -0.25) is 0 Å². The first-order valence-electron chi connectivity index (χ1n) is 7.39. The van der Waals surface area contributed by atoms with Crippen LogP contribution in [-0.4, -0.2) is 19.2 Å². The van der Waals surface area contributed by atoms with Crippen molar-refractivity contribution < 1.29 is 58.3 Å². The Balaban J connectivity index is 0.00000121. The molecule has 1 fully saturated rings. The Morgan fingerprint density at radius 1 is 0.818 bits per heavy atom. The first-order valence-corrected chi connectivity index (χ1v) is 7.39. The van der Waals surface area contributed by atoms with Crippen LogP contribution in [0.3, 0.4) is 0 Å². The summed E-state index contributed by atoms with van der Waals surface area (Å²) in [6.45, 7) is 2.11. The molecule has 0 aliphatic carbocycles. The molecule has 0 spiro atoms. The van der Waals surface area contributed by atoms with Gasteiger partial charge in [-0.2, -0.15) is 0 Å². The molecular formula is C18H21INNaO.